The highest BCUT2D eigenvalue weighted by Gasteiger charge is 2.30. The highest BCUT2D eigenvalue weighted by molar-refractivity contribution is 5.81. The number of nitrogens with one attached hydrogen (secondary N) is 1. The lowest BCUT2D eigenvalue weighted by molar-refractivity contribution is -0.124. The summed E-state index contributed by atoms with van der Waals surface area (Å²) in [4.78, 5) is 29.0. The number of fused-ring (bicyclic) bond motifs is 2. The normalized spacial score (nSPS) is 17.2. The number of pyridine rings is 1. The Balaban J connectivity index is 1.70. The fourth-order valence-corrected chi connectivity index (χ4v) is 3.58. The average molecular weight is 351 g/mol. The Labute approximate surface area is 149 Å². The summed E-state index contributed by atoms with van der Waals surface area (Å²) in [5.41, 5.74) is 8.53. The minimum atomic E-state index is -0.465. The molecule has 0 radical (unpaired) electrons. The molecule has 4 rings (SSSR count). The minimum Gasteiger partial charge on any atom is -0.368 e. The largest absolute Gasteiger partial charge is 0.368 e. The number of carbonyl (C=O) groups excluding carboxylic acids is 1. The van der Waals surface area contributed by atoms with Crippen LogP contribution in [0.5, 0.6) is 0 Å². The average Bonchev–Trinajstić information content (AvgIpc) is 2.61. The summed E-state index contributed by atoms with van der Waals surface area (Å²) >= 11 is 0. The van der Waals surface area contributed by atoms with E-state index in [-0.39, 0.29) is 5.56 Å². The van der Waals surface area contributed by atoms with Crippen LogP contribution in [0.15, 0.2) is 53.3 Å². The second-order valence-electron chi connectivity index (χ2n) is 6.65. The second-order valence-corrected chi connectivity index (χ2v) is 6.65. The van der Waals surface area contributed by atoms with Gasteiger partial charge in [-0.05, 0) is 47.2 Å². The standard InChI is InChI=1S/C20H18FN3O2/c21-16-6-5-13-7-15(20(26)23-17(13)9-16)11-24-10-14-4-2-1-3-12(14)8-18(24)19(22)25/h1-7,9,18H,8,10-11H2,(H2,22,25)(H,23,26)/t18-/m1/s1. The van der Waals surface area contributed by atoms with E-state index in [2.05, 4.69) is 4.98 Å². The Morgan fingerprint density at radius 1 is 1.19 bits per heavy atom. The van der Waals surface area contributed by atoms with Crippen LogP contribution in [-0.4, -0.2) is 21.8 Å². The number of hydrogen-bond donors (Lipinski definition) is 2. The molecule has 0 bridgehead atoms. The fourth-order valence-electron chi connectivity index (χ4n) is 3.58. The van der Waals surface area contributed by atoms with E-state index in [0.717, 1.165) is 16.5 Å². The van der Waals surface area contributed by atoms with Crippen LogP contribution in [0.4, 0.5) is 4.39 Å². The maximum atomic E-state index is 13.3. The molecule has 1 atom stereocenters. The molecule has 0 unspecified atom stereocenters. The van der Waals surface area contributed by atoms with Crippen molar-refractivity contribution in [3.8, 4) is 0 Å². The number of nitrogens with two attached hydrogens (primary N) is 1. The van der Waals surface area contributed by atoms with Gasteiger partial charge in [0.25, 0.3) is 5.56 Å². The zero-order valence-corrected chi connectivity index (χ0v) is 14.0. The molecule has 6 heteroatoms. The summed E-state index contributed by atoms with van der Waals surface area (Å²) in [7, 11) is 0. The predicted molar refractivity (Wildman–Crippen MR) is 96.9 cm³/mol. The van der Waals surface area contributed by atoms with Crippen LogP contribution < -0.4 is 11.3 Å². The molecule has 2 aromatic carbocycles. The molecule has 0 saturated carbocycles. The van der Waals surface area contributed by atoms with Crippen molar-refractivity contribution in [1.82, 2.24) is 9.88 Å². The van der Waals surface area contributed by atoms with Crippen LogP contribution in [0.1, 0.15) is 16.7 Å². The van der Waals surface area contributed by atoms with Crippen molar-refractivity contribution in [2.75, 3.05) is 0 Å². The maximum absolute atomic E-state index is 13.3. The Bertz CT molecular complexity index is 1060. The monoisotopic (exact) mass is 351 g/mol. The molecule has 0 saturated heterocycles. The Morgan fingerprint density at radius 3 is 2.73 bits per heavy atom. The molecule has 5 nitrogen and oxygen atoms in total. The van der Waals surface area contributed by atoms with E-state index in [4.69, 9.17) is 5.73 Å². The Kier molecular flexibility index (Phi) is 4.05. The van der Waals surface area contributed by atoms with E-state index in [1.165, 1.54) is 12.1 Å². The molecule has 132 valence electrons. The van der Waals surface area contributed by atoms with Crippen molar-refractivity contribution in [2.24, 2.45) is 5.73 Å². The van der Waals surface area contributed by atoms with E-state index in [0.29, 0.717) is 30.6 Å². The van der Waals surface area contributed by atoms with Crippen LogP contribution in [0.25, 0.3) is 10.9 Å². The van der Waals surface area contributed by atoms with Gasteiger partial charge < -0.3 is 10.7 Å². The summed E-state index contributed by atoms with van der Waals surface area (Å²) in [6, 6.07) is 13.5. The molecule has 26 heavy (non-hydrogen) atoms. The molecular weight excluding hydrogens is 333 g/mol. The molecule has 1 amide bonds. The molecule has 0 fully saturated rings. The number of hydrogen-bond acceptors (Lipinski definition) is 3. The smallest absolute Gasteiger partial charge is 0.252 e. The van der Waals surface area contributed by atoms with E-state index in [9.17, 15) is 14.0 Å². The number of benzene rings is 2. The number of carbonyl (C=O) groups is 1. The van der Waals surface area contributed by atoms with Gasteiger partial charge in [-0.25, -0.2) is 4.39 Å². The number of nitrogens with zero attached hydrogens (tertiary/aromatic N) is 1. The first-order valence-corrected chi connectivity index (χ1v) is 8.43. The third-order valence-electron chi connectivity index (χ3n) is 4.93. The number of aromatic amines is 1. The molecule has 2 heterocycles. The number of amides is 1. The van der Waals surface area contributed by atoms with Gasteiger partial charge in [0.1, 0.15) is 5.82 Å². The minimum absolute atomic E-state index is 0.287. The van der Waals surface area contributed by atoms with E-state index in [1.807, 2.05) is 29.2 Å². The second kappa shape index (κ2) is 6.38. The van der Waals surface area contributed by atoms with Gasteiger partial charge in [0.05, 0.1) is 11.6 Å². The first kappa shape index (κ1) is 16.5. The zero-order chi connectivity index (χ0) is 18.3. The van der Waals surface area contributed by atoms with Gasteiger partial charge >= 0.3 is 0 Å². The third kappa shape index (κ3) is 2.99. The van der Waals surface area contributed by atoms with Gasteiger partial charge in [-0.15, -0.1) is 0 Å². The van der Waals surface area contributed by atoms with Crippen LogP contribution >= 0.6 is 0 Å². The predicted octanol–water partition coefficient (Wildman–Crippen LogP) is 2.08. The number of halogens is 1. The van der Waals surface area contributed by atoms with Crippen molar-refractivity contribution < 1.29 is 9.18 Å². The molecule has 3 N–H and O–H groups in total. The van der Waals surface area contributed by atoms with E-state index >= 15 is 0 Å². The maximum Gasteiger partial charge on any atom is 0.252 e. The highest BCUT2D eigenvalue weighted by Crippen LogP contribution is 2.25. The number of primary amides is 1. The fraction of sp³-hybridized carbons (Fsp3) is 0.200. The lowest BCUT2D eigenvalue weighted by Gasteiger charge is -2.34. The van der Waals surface area contributed by atoms with Gasteiger partial charge in [0, 0.05) is 18.7 Å². The van der Waals surface area contributed by atoms with Gasteiger partial charge in [-0.1, -0.05) is 24.3 Å². The summed E-state index contributed by atoms with van der Waals surface area (Å²) < 4.78 is 13.3. The summed E-state index contributed by atoms with van der Waals surface area (Å²) in [5.74, 6) is -0.805. The van der Waals surface area contributed by atoms with Crippen molar-refractivity contribution in [3.63, 3.8) is 0 Å². The first-order valence-electron chi connectivity index (χ1n) is 8.43. The SMILES string of the molecule is NC(=O)[C@H]1Cc2ccccc2CN1Cc1cc2ccc(F)cc2[nH]c1=O. The molecule has 3 aromatic rings. The van der Waals surface area contributed by atoms with Gasteiger partial charge in [0.15, 0.2) is 0 Å². The third-order valence-corrected chi connectivity index (χ3v) is 4.93. The Hall–Kier alpha value is -2.99. The highest BCUT2D eigenvalue weighted by atomic mass is 19.1. The van der Waals surface area contributed by atoms with Crippen LogP contribution in [0.3, 0.4) is 0 Å². The topological polar surface area (TPSA) is 79.2 Å². The summed E-state index contributed by atoms with van der Waals surface area (Å²) in [6.45, 7) is 0.843. The number of rotatable bonds is 3. The van der Waals surface area contributed by atoms with Gasteiger partial charge in [-0.2, -0.15) is 0 Å². The van der Waals surface area contributed by atoms with Crippen LogP contribution in [0.2, 0.25) is 0 Å². The number of H-pyrrole nitrogens is 1. The van der Waals surface area contributed by atoms with Crippen LogP contribution in [-0.2, 0) is 24.3 Å². The van der Waals surface area contributed by atoms with Gasteiger partial charge in [-0.3, -0.25) is 14.5 Å². The lowest BCUT2D eigenvalue weighted by atomic mass is 9.93. The molecule has 0 spiro atoms. The van der Waals surface area contributed by atoms with E-state index < -0.39 is 17.8 Å². The molecular formula is C20H18FN3O2. The zero-order valence-electron chi connectivity index (χ0n) is 14.0. The van der Waals surface area contributed by atoms with E-state index in [1.54, 1.807) is 12.1 Å². The van der Waals surface area contributed by atoms with Crippen molar-refractivity contribution in [3.05, 3.63) is 81.4 Å². The van der Waals surface area contributed by atoms with Crippen molar-refractivity contribution >= 4 is 16.8 Å². The molecule has 1 aliphatic rings. The van der Waals surface area contributed by atoms with Crippen molar-refractivity contribution in [1.29, 1.82) is 0 Å². The summed E-state index contributed by atoms with van der Waals surface area (Å²) in [5, 5.41) is 0.744. The van der Waals surface area contributed by atoms with Crippen LogP contribution in [0, 0.1) is 5.82 Å². The molecule has 1 aliphatic heterocycles. The molecule has 1 aromatic heterocycles. The first-order chi connectivity index (χ1) is 12.5. The lowest BCUT2D eigenvalue weighted by Crippen LogP contribution is -2.48. The van der Waals surface area contributed by atoms with Crippen molar-refractivity contribution in [2.45, 2.75) is 25.6 Å². The Morgan fingerprint density at radius 2 is 1.96 bits per heavy atom. The molecule has 0 aliphatic carbocycles. The quantitative estimate of drug-likeness (QED) is 0.758. The van der Waals surface area contributed by atoms with Gasteiger partial charge in [0.2, 0.25) is 5.91 Å². The number of aromatic nitrogens is 1. The summed E-state index contributed by atoms with van der Waals surface area (Å²) in [6.07, 6.45) is 0.530.